The molecule has 0 saturated carbocycles. The van der Waals surface area contributed by atoms with Crippen LogP contribution in [0.2, 0.25) is 0 Å². The number of nitrogens with zero attached hydrogens (tertiary/aromatic N) is 1. The van der Waals surface area contributed by atoms with Crippen molar-refractivity contribution in [2.75, 3.05) is 12.4 Å². The first-order chi connectivity index (χ1) is 13.0. The Balaban J connectivity index is 1.70. The quantitative estimate of drug-likeness (QED) is 0.729. The van der Waals surface area contributed by atoms with Crippen molar-refractivity contribution >= 4 is 17.5 Å². The van der Waals surface area contributed by atoms with Gasteiger partial charge in [-0.25, -0.2) is 0 Å². The minimum absolute atomic E-state index is 0.0923. The summed E-state index contributed by atoms with van der Waals surface area (Å²) in [6.07, 6.45) is 0. The number of hydrogen-bond donors (Lipinski definition) is 1. The Hall–Kier alpha value is -3.40. The number of nitrogens with one attached hydrogen (secondary N) is 1. The summed E-state index contributed by atoms with van der Waals surface area (Å²) in [7, 11) is 1.77. The molecule has 27 heavy (non-hydrogen) atoms. The van der Waals surface area contributed by atoms with E-state index in [1.54, 1.807) is 48.3 Å². The van der Waals surface area contributed by atoms with Crippen LogP contribution in [0.4, 0.5) is 5.69 Å². The fourth-order valence-electron chi connectivity index (χ4n) is 2.79. The number of hydrogen-bond acceptors (Lipinski definition) is 2. The van der Waals surface area contributed by atoms with Crippen molar-refractivity contribution < 1.29 is 9.59 Å². The number of rotatable bonds is 5. The summed E-state index contributed by atoms with van der Waals surface area (Å²) in [4.78, 5) is 26.7. The van der Waals surface area contributed by atoms with Crippen LogP contribution in [0, 0.1) is 6.92 Å². The highest BCUT2D eigenvalue weighted by molar-refractivity contribution is 6.05. The highest BCUT2D eigenvalue weighted by Crippen LogP contribution is 2.15. The second-order valence-corrected chi connectivity index (χ2v) is 6.55. The van der Waals surface area contributed by atoms with Gasteiger partial charge in [-0.3, -0.25) is 9.59 Å². The fourth-order valence-corrected chi connectivity index (χ4v) is 2.79. The van der Waals surface area contributed by atoms with Crippen molar-refractivity contribution in [1.29, 1.82) is 0 Å². The molecule has 136 valence electrons. The third kappa shape index (κ3) is 4.82. The van der Waals surface area contributed by atoms with Crippen LogP contribution in [-0.4, -0.2) is 23.8 Å². The molecule has 0 aliphatic carbocycles. The molecule has 0 aliphatic rings. The molecule has 0 heterocycles. The summed E-state index contributed by atoms with van der Waals surface area (Å²) in [5.74, 6) is -0.289. The molecule has 4 heteroatoms. The topological polar surface area (TPSA) is 49.4 Å². The molecule has 4 nitrogen and oxygen atoms in total. The van der Waals surface area contributed by atoms with Crippen molar-refractivity contribution in [3.05, 3.63) is 101 Å². The van der Waals surface area contributed by atoms with Crippen LogP contribution >= 0.6 is 0 Å². The minimum atomic E-state index is -0.197. The number of amides is 2. The molecular formula is C23H22N2O2. The molecule has 0 saturated heterocycles. The molecule has 0 unspecified atom stereocenters. The average molecular weight is 358 g/mol. The van der Waals surface area contributed by atoms with Gasteiger partial charge in [-0.05, 0) is 42.8 Å². The number of carbonyl (C=O) groups is 2. The summed E-state index contributed by atoms with van der Waals surface area (Å²) in [5, 5.41) is 2.85. The molecular weight excluding hydrogens is 336 g/mol. The van der Waals surface area contributed by atoms with E-state index in [-0.39, 0.29) is 11.8 Å². The summed E-state index contributed by atoms with van der Waals surface area (Å²) in [5.41, 5.74) is 3.88. The predicted molar refractivity (Wildman–Crippen MR) is 108 cm³/mol. The van der Waals surface area contributed by atoms with E-state index in [1.165, 1.54) is 0 Å². The maximum Gasteiger partial charge on any atom is 0.255 e. The summed E-state index contributed by atoms with van der Waals surface area (Å²) >= 11 is 0. The Labute approximate surface area is 159 Å². The lowest BCUT2D eigenvalue weighted by Gasteiger charge is -2.18. The monoisotopic (exact) mass is 358 g/mol. The van der Waals surface area contributed by atoms with Crippen LogP contribution < -0.4 is 5.32 Å². The Bertz CT molecular complexity index is 934. The molecule has 3 rings (SSSR count). The second-order valence-electron chi connectivity index (χ2n) is 6.55. The van der Waals surface area contributed by atoms with E-state index in [2.05, 4.69) is 5.32 Å². The highest BCUT2D eigenvalue weighted by atomic mass is 16.2. The van der Waals surface area contributed by atoms with Crippen molar-refractivity contribution in [2.24, 2.45) is 0 Å². The Kier molecular flexibility index (Phi) is 5.67. The van der Waals surface area contributed by atoms with Gasteiger partial charge < -0.3 is 10.2 Å². The molecule has 0 aromatic heterocycles. The van der Waals surface area contributed by atoms with E-state index in [1.807, 2.05) is 49.4 Å². The van der Waals surface area contributed by atoms with Gasteiger partial charge in [-0.15, -0.1) is 0 Å². The van der Waals surface area contributed by atoms with Gasteiger partial charge in [0.2, 0.25) is 0 Å². The normalized spacial score (nSPS) is 10.3. The van der Waals surface area contributed by atoms with Crippen LogP contribution in [-0.2, 0) is 6.54 Å². The number of aryl methyl sites for hydroxylation is 1. The summed E-state index contributed by atoms with van der Waals surface area (Å²) in [6.45, 7) is 2.50. The van der Waals surface area contributed by atoms with Gasteiger partial charge in [0.1, 0.15) is 0 Å². The first-order valence-electron chi connectivity index (χ1n) is 8.80. The largest absolute Gasteiger partial charge is 0.337 e. The van der Waals surface area contributed by atoms with Crippen molar-refractivity contribution in [3.63, 3.8) is 0 Å². The van der Waals surface area contributed by atoms with Crippen LogP contribution in [0.1, 0.15) is 31.8 Å². The SMILES string of the molecule is Cc1ccc(C(=O)Nc2cccc(C(=O)N(C)Cc3ccccc3)c2)cc1. The fraction of sp³-hybridized carbons (Fsp3) is 0.130. The standard InChI is InChI=1S/C23H22N2O2/c1-17-11-13-19(14-12-17)22(26)24-21-10-6-9-20(15-21)23(27)25(2)16-18-7-4-3-5-8-18/h3-15H,16H2,1-2H3,(H,24,26). The number of anilines is 1. The highest BCUT2D eigenvalue weighted by Gasteiger charge is 2.13. The van der Waals surface area contributed by atoms with Gasteiger partial charge in [0.05, 0.1) is 0 Å². The van der Waals surface area contributed by atoms with Gasteiger partial charge in [0.15, 0.2) is 0 Å². The molecule has 3 aromatic carbocycles. The molecule has 0 bridgehead atoms. The summed E-state index contributed by atoms with van der Waals surface area (Å²) < 4.78 is 0. The van der Waals surface area contributed by atoms with E-state index in [0.717, 1.165) is 11.1 Å². The lowest BCUT2D eigenvalue weighted by Crippen LogP contribution is -2.26. The maximum absolute atomic E-state index is 12.7. The lowest BCUT2D eigenvalue weighted by molar-refractivity contribution is 0.0784. The predicted octanol–water partition coefficient (Wildman–Crippen LogP) is 4.52. The summed E-state index contributed by atoms with van der Waals surface area (Å²) in [6, 6.07) is 24.2. The van der Waals surface area contributed by atoms with Crippen molar-refractivity contribution in [3.8, 4) is 0 Å². The Morgan fingerprint density at radius 1 is 0.852 bits per heavy atom. The van der Waals surface area contributed by atoms with Crippen molar-refractivity contribution in [1.82, 2.24) is 4.90 Å². The Morgan fingerprint density at radius 2 is 1.56 bits per heavy atom. The molecule has 3 aromatic rings. The molecule has 0 radical (unpaired) electrons. The zero-order valence-corrected chi connectivity index (χ0v) is 15.5. The molecule has 0 aliphatic heterocycles. The van der Waals surface area contributed by atoms with Crippen molar-refractivity contribution in [2.45, 2.75) is 13.5 Å². The minimum Gasteiger partial charge on any atom is -0.337 e. The van der Waals surface area contributed by atoms with E-state index < -0.39 is 0 Å². The van der Waals surface area contributed by atoms with Crippen LogP contribution in [0.5, 0.6) is 0 Å². The third-order valence-electron chi connectivity index (χ3n) is 4.29. The van der Waals surface area contributed by atoms with E-state index in [0.29, 0.717) is 23.4 Å². The van der Waals surface area contributed by atoms with Gasteiger partial charge >= 0.3 is 0 Å². The van der Waals surface area contributed by atoms with Crippen LogP contribution in [0.3, 0.4) is 0 Å². The van der Waals surface area contributed by atoms with E-state index in [9.17, 15) is 9.59 Å². The van der Waals surface area contributed by atoms with E-state index in [4.69, 9.17) is 0 Å². The average Bonchev–Trinajstić information content (AvgIpc) is 2.69. The first-order valence-corrected chi connectivity index (χ1v) is 8.80. The first kappa shape index (κ1) is 18.4. The van der Waals surface area contributed by atoms with Crippen LogP contribution in [0.25, 0.3) is 0 Å². The molecule has 2 amide bonds. The maximum atomic E-state index is 12.7. The number of benzene rings is 3. The third-order valence-corrected chi connectivity index (χ3v) is 4.29. The molecule has 0 spiro atoms. The van der Waals surface area contributed by atoms with Gasteiger partial charge in [-0.2, -0.15) is 0 Å². The Morgan fingerprint density at radius 3 is 2.26 bits per heavy atom. The van der Waals surface area contributed by atoms with E-state index >= 15 is 0 Å². The van der Waals surface area contributed by atoms with Gasteiger partial charge in [-0.1, -0.05) is 54.1 Å². The number of carbonyl (C=O) groups excluding carboxylic acids is 2. The van der Waals surface area contributed by atoms with Gasteiger partial charge in [0.25, 0.3) is 11.8 Å². The molecule has 0 atom stereocenters. The molecule has 0 fully saturated rings. The smallest absolute Gasteiger partial charge is 0.255 e. The van der Waals surface area contributed by atoms with Gasteiger partial charge in [0, 0.05) is 30.4 Å². The van der Waals surface area contributed by atoms with Crippen LogP contribution in [0.15, 0.2) is 78.9 Å². The molecule has 1 N–H and O–H groups in total. The zero-order valence-electron chi connectivity index (χ0n) is 15.5. The second kappa shape index (κ2) is 8.32. The zero-order chi connectivity index (χ0) is 19.2. The lowest BCUT2D eigenvalue weighted by atomic mass is 10.1.